The zero-order valence-corrected chi connectivity index (χ0v) is 9.08. The van der Waals surface area contributed by atoms with Crippen LogP contribution in [-0.4, -0.2) is 25.0 Å². The van der Waals surface area contributed by atoms with Crippen LogP contribution in [-0.2, 0) is 0 Å². The van der Waals surface area contributed by atoms with Crippen LogP contribution in [0.4, 0.5) is 0 Å². The summed E-state index contributed by atoms with van der Waals surface area (Å²) in [5.74, 6) is 0. The lowest BCUT2D eigenvalue weighted by Crippen LogP contribution is -2.01. The molecule has 6 nitrogen and oxygen atoms in total. The van der Waals surface area contributed by atoms with Gasteiger partial charge in [0.1, 0.15) is 0 Å². The summed E-state index contributed by atoms with van der Waals surface area (Å²) < 4.78 is 0. The van der Waals surface area contributed by atoms with E-state index in [0.717, 1.165) is 11.4 Å². The Bertz CT molecular complexity index is 743. The fraction of sp³-hybridized carbons (Fsp3) is 0.0909. The first-order valence-electron chi connectivity index (χ1n) is 5.12. The quantitative estimate of drug-likeness (QED) is 0.667. The average Bonchev–Trinajstić information content (AvgIpc) is 2.74. The number of aromatic amines is 1. The van der Waals surface area contributed by atoms with Gasteiger partial charge in [0.25, 0.3) is 0 Å². The molecular weight excluding hydrogens is 218 g/mol. The third-order valence-electron chi connectivity index (χ3n) is 2.41. The molecule has 6 heteroatoms. The Labute approximate surface area is 95.9 Å². The van der Waals surface area contributed by atoms with Gasteiger partial charge in [0.05, 0.1) is 5.69 Å². The average molecular weight is 227 g/mol. The SMILES string of the molecule is Cc1cc(-n2nc3[nH]ccc(=O)c3n2)ccn1. The van der Waals surface area contributed by atoms with Gasteiger partial charge in [-0.2, -0.15) is 0 Å². The third-order valence-corrected chi connectivity index (χ3v) is 2.41. The van der Waals surface area contributed by atoms with Crippen molar-refractivity contribution < 1.29 is 0 Å². The van der Waals surface area contributed by atoms with Gasteiger partial charge in [0, 0.05) is 24.2 Å². The fourth-order valence-electron chi connectivity index (χ4n) is 1.62. The highest BCUT2D eigenvalue weighted by Crippen LogP contribution is 2.07. The molecule has 1 N–H and O–H groups in total. The second-order valence-electron chi connectivity index (χ2n) is 3.68. The van der Waals surface area contributed by atoms with Gasteiger partial charge in [-0.15, -0.1) is 15.0 Å². The molecule has 0 spiro atoms. The van der Waals surface area contributed by atoms with E-state index in [1.165, 1.54) is 10.9 Å². The lowest BCUT2D eigenvalue weighted by molar-refractivity contribution is 0.760. The molecule has 84 valence electrons. The van der Waals surface area contributed by atoms with E-state index in [-0.39, 0.29) is 5.43 Å². The highest BCUT2D eigenvalue weighted by Gasteiger charge is 2.07. The molecule has 0 aliphatic carbocycles. The van der Waals surface area contributed by atoms with E-state index in [4.69, 9.17) is 0 Å². The number of nitrogens with one attached hydrogen (secondary N) is 1. The number of hydrogen-bond acceptors (Lipinski definition) is 4. The van der Waals surface area contributed by atoms with Gasteiger partial charge >= 0.3 is 0 Å². The second kappa shape index (κ2) is 3.51. The minimum absolute atomic E-state index is 0.143. The summed E-state index contributed by atoms with van der Waals surface area (Å²) in [6, 6.07) is 5.07. The fourth-order valence-corrected chi connectivity index (χ4v) is 1.62. The molecule has 0 unspecified atom stereocenters. The number of nitrogens with zero attached hydrogens (tertiary/aromatic N) is 4. The smallest absolute Gasteiger partial charge is 0.211 e. The number of pyridine rings is 2. The first-order chi connectivity index (χ1) is 8.24. The van der Waals surface area contributed by atoms with E-state index >= 15 is 0 Å². The molecule has 0 bridgehead atoms. The van der Waals surface area contributed by atoms with Crippen molar-refractivity contribution in [3.63, 3.8) is 0 Å². The van der Waals surface area contributed by atoms with Gasteiger partial charge in [0.15, 0.2) is 11.2 Å². The van der Waals surface area contributed by atoms with Gasteiger partial charge in [-0.05, 0) is 19.1 Å². The summed E-state index contributed by atoms with van der Waals surface area (Å²) >= 11 is 0. The Morgan fingerprint density at radius 3 is 2.94 bits per heavy atom. The molecule has 0 saturated heterocycles. The van der Waals surface area contributed by atoms with E-state index in [0.29, 0.717) is 11.2 Å². The Kier molecular flexibility index (Phi) is 2.01. The van der Waals surface area contributed by atoms with Crippen LogP contribution >= 0.6 is 0 Å². The predicted molar refractivity (Wildman–Crippen MR) is 62.0 cm³/mol. The predicted octanol–water partition coefficient (Wildman–Crippen LogP) is 0.812. The number of fused-ring (bicyclic) bond motifs is 1. The number of aryl methyl sites for hydroxylation is 1. The molecule has 0 amide bonds. The number of H-pyrrole nitrogens is 1. The maximum Gasteiger partial charge on any atom is 0.211 e. The molecule has 3 rings (SSSR count). The molecule has 3 aromatic rings. The van der Waals surface area contributed by atoms with Crippen LogP contribution in [0.3, 0.4) is 0 Å². The summed E-state index contributed by atoms with van der Waals surface area (Å²) in [7, 11) is 0. The van der Waals surface area contributed by atoms with Gasteiger partial charge < -0.3 is 4.98 Å². The van der Waals surface area contributed by atoms with E-state index in [9.17, 15) is 4.79 Å². The molecule has 17 heavy (non-hydrogen) atoms. The van der Waals surface area contributed by atoms with Crippen LogP contribution in [0.1, 0.15) is 5.69 Å². The topological polar surface area (TPSA) is 76.5 Å². The Hall–Kier alpha value is -2.50. The highest BCUT2D eigenvalue weighted by molar-refractivity contribution is 5.68. The molecule has 0 fully saturated rings. The van der Waals surface area contributed by atoms with Crippen molar-refractivity contribution >= 4 is 11.2 Å². The van der Waals surface area contributed by atoms with Crippen molar-refractivity contribution in [2.45, 2.75) is 6.92 Å². The first kappa shape index (κ1) is 9.71. The molecule has 0 saturated carbocycles. The Morgan fingerprint density at radius 1 is 1.29 bits per heavy atom. The maximum atomic E-state index is 11.5. The monoisotopic (exact) mass is 227 g/mol. The summed E-state index contributed by atoms with van der Waals surface area (Å²) in [5.41, 5.74) is 2.32. The lowest BCUT2D eigenvalue weighted by Gasteiger charge is -1.98. The van der Waals surface area contributed by atoms with Crippen molar-refractivity contribution in [3.05, 3.63) is 46.5 Å². The molecule has 0 atom stereocenters. The summed E-state index contributed by atoms with van der Waals surface area (Å²) in [6.45, 7) is 1.89. The molecular formula is C11H9N5O. The lowest BCUT2D eigenvalue weighted by atomic mass is 10.3. The van der Waals surface area contributed by atoms with E-state index < -0.39 is 0 Å². The largest absolute Gasteiger partial charge is 0.343 e. The van der Waals surface area contributed by atoms with Gasteiger partial charge in [-0.3, -0.25) is 9.78 Å². The second-order valence-corrected chi connectivity index (χ2v) is 3.68. The third kappa shape index (κ3) is 1.59. The van der Waals surface area contributed by atoms with E-state index in [1.54, 1.807) is 18.5 Å². The van der Waals surface area contributed by atoms with Crippen LogP contribution < -0.4 is 5.43 Å². The van der Waals surface area contributed by atoms with Crippen LogP contribution in [0, 0.1) is 6.92 Å². The van der Waals surface area contributed by atoms with Crippen LogP contribution in [0.2, 0.25) is 0 Å². The minimum atomic E-state index is -0.143. The van der Waals surface area contributed by atoms with E-state index in [1.807, 2.05) is 13.0 Å². The maximum absolute atomic E-state index is 11.5. The van der Waals surface area contributed by atoms with Crippen molar-refractivity contribution in [3.8, 4) is 5.69 Å². The van der Waals surface area contributed by atoms with E-state index in [2.05, 4.69) is 20.2 Å². The van der Waals surface area contributed by atoms with Crippen LogP contribution in [0.5, 0.6) is 0 Å². The van der Waals surface area contributed by atoms with Crippen LogP contribution in [0.25, 0.3) is 16.9 Å². The highest BCUT2D eigenvalue weighted by atomic mass is 16.1. The molecule has 0 aliphatic rings. The molecule has 0 aliphatic heterocycles. The van der Waals surface area contributed by atoms with Crippen molar-refractivity contribution in [1.82, 2.24) is 25.0 Å². The summed E-state index contributed by atoms with van der Waals surface area (Å²) in [6.07, 6.45) is 3.24. The number of aromatic nitrogens is 5. The number of hydrogen-bond donors (Lipinski definition) is 1. The van der Waals surface area contributed by atoms with Gasteiger partial charge in [0.2, 0.25) is 5.43 Å². The zero-order chi connectivity index (χ0) is 11.8. The first-order valence-corrected chi connectivity index (χ1v) is 5.12. The van der Waals surface area contributed by atoms with Gasteiger partial charge in [-0.1, -0.05) is 0 Å². The zero-order valence-electron chi connectivity index (χ0n) is 9.08. The molecule has 0 aromatic carbocycles. The van der Waals surface area contributed by atoms with Crippen molar-refractivity contribution in [2.75, 3.05) is 0 Å². The van der Waals surface area contributed by atoms with Gasteiger partial charge in [-0.25, -0.2) is 0 Å². The Balaban J connectivity index is 2.25. The molecule has 0 radical (unpaired) electrons. The Morgan fingerprint density at radius 2 is 2.18 bits per heavy atom. The normalized spacial score (nSPS) is 10.9. The van der Waals surface area contributed by atoms with Crippen molar-refractivity contribution in [1.29, 1.82) is 0 Å². The van der Waals surface area contributed by atoms with Crippen molar-refractivity contribution in [2.24, 2.45) is 0 Å². The number of rotatable bonds is 1. The molecule has 3 aromatic heterocycles. The minimum Gasteiger partial charge on any atom is -0.343 e. The molecule has 3 heterocycles. The standard InChI is InChI=1S/C11H9N5O/c1-7-6-8(2-4-12-7)16-14-10-9(17)3-5-13-11(10)15-16/h2-6H,1H3,(H,13,15). The summed E-state index contributed by atoms with van der Waals surface area (Å²) in [5, 5.41) is 8.36. The summed E-state index contributed by atoms with van der Waals surface area (Å²) in [4.78, 5) is 20.0. The van der Waals surface area contributed by atoms with Crippen LogP contribution in [0.15, 0.2) is 35.4 Å².